The van der Waals surface area contributed by atoms with Crippen molar-refractivity contribution in [3.63, 3.8) is 0 Å². The Balaban J connectivity index is 1.48. The fraction of sp³-hybridized carbons (Fsp3) is 0.350. The molecule has 0 saturated heterocycles. The molecular weight excluding hydrogens is 314 g/mol. The Morgan fingerprint density at radius 1 is 1.12 bits per heavy atom. The fourth-order valence-electron chi connectivity index (χ4n) is 3.00. The molecule has 3 rings (SSSR count). The molecule has 5 heteroatoms. The largest absolute Gasteiger partial charge is 0.493 e. The second-order valence-electron chi connectivity index (χ2n) is 6.21. The molecule has 0 amide bonds. The summed E-state index contributed by atoms with van der Waals surface area (Å²) < 4.78 is 10.6. The molecule has 0 radical (unpaired) electrons. The lowest BCUT2D eigenvalue weighted by atomic mass is 10.1. The third kappa shape index (κ3) is 4.44. The van der Waals surface area contributed by atoms with Crippen LogP contribution in [0, 0.1) is 0 Å². The van der Waals surface area contributed by atoms with E-state index in [4.69, 9.17) is 15.2 Å². The summed E-state index contributed by atoms with van der Waals surface area (Å²) >= 11 is 0. The predicted octanol–water partition coefficient (Wildman–Crippen LogP) is 2.71. The second-order valence-corrected chi connectivity index (χ2v) is 6.21. The van der Waals surface area contributed by atoms with Gasteiger partial charge in [0, 0.05) is 18.5 Å². The lowest BCUT2D eigenvalue weighted by molar-refractivity contribution is 0.354. The summed E-state index contributed by atoms with van der Waals surface area (Å²) in [5.41, 5.74) is 8.52. The van der Waals surface area contributed by atoms with Crippen LogP contribution in [-0.2, 0) is 6.42 Å². The molecule has 3 N–H and O–H groups in total. The Morgan fingerprint density at radius 3 is 2.60 bits per heavy atom. The van der Waals surface area contributed by atoms with E-state index in [0.717, 1.165) is 29.9 Å². The Bertz CT molecular complexity index is 731. The van der Waals surface area contributed by atoms with Gasteiger partial charge in [0.15, 0.2) is 17.5 Å². The highest BCUT2D eigenvalue weighted by Crippen LogP contribution is 2.40. The van der Waals surface area contributed by atoms with Crippen LogP contribution in [-0.4, -0.2) is 32.8 Å². The molecule has 0 bridgehead atoms. The molecule has 5 nitrogen and oxygen atoms in total. The Morgan fingerprint density at radius 2 is 1.88 bits per heavy atom. The first kappa shape index (κ1) is 17.1. The van der Waals surface area contributed by atoms with E-state index in [0.29, 0.717) is 24.5 Å². The van der Waals surface area contributed by atoms with E-state index in [1.807, 2.05) is 24.3 Å². The van der Waals surface area contributed by atoms with Gasteiger partial charge in [-0.1, -0.05) is 36.4 Å². The van der Waals surface area contributed by atoms with Crippen molar-refractivity contribution in [1.29, 1.82) is 0 Å². The molecule has 0 heterocycles. The van der Waals surface area contributed by atoms with Crippen LogP contribution in [0.4, 0.5) is 0 Å². The number of ether oxygens (including phenoxy) is 2. The topological polar surface area (TPSA) is 68.9 Å². The summed E-state index contributed by atoms with van der Waals surface area (Å²) in [6.45, 7) is 0.636. The van der Waals surface area contributed by atoms with E-state index in [1.165, 1.54) is 5.56 Å². The molecule has 0 aromatic heterocycles. The minimum absolute atomic E-state index is 0.396. The van der Waals surface area contributed by atoms with Gasteiger partial charge >= 0.3 is 0 Å². The average molecular weight is 339 g/mol. The van der Waals surface area contributed by atoms with Crippen molar-refractivity contribution in [2.45, 2.75) is 24.8 Å². The first-order chi connectivity index (χ1) is 12.2. The summed E-state index contributed by atoms with van der Waals surface area (Å²) in [6.07, 6.45) is 1.91. The molecule has 1 saturated carbocycles. The maximum Gasteiger partial charge on any atom is 0.188 e. The zero-order valence-corrected chi connectivity index (χ0v) is 14.7. The van der Waals surface area contributed by atoms with Crippen molar-refractivity contribution in [2.75, 3.05) is 20.8 Å². The van der Waals surface area contributed by atoms with E-state index in [9.17, 15) is 0 Å². The number of nitrogens with zero attached hydrogens (tertiary/aromatic N) is 1. The normalized spacial score (nSPS) is 19.4. The van der Waals surface area contributed by atoms with Crippen LogP contribution in [0.3, 0.4) is 0 Å². The van der Waals surface area contributed by atoms with Gasteiger partial charge in [-0.25, -0.2) is 0 Å². The predicted molar refractivity (Wildman–Crippen MR) is 100 cm³/mol. The van der Waals surface area contributed by atoms with Crippen LogP contribution in [0.15, 0.2) is 53.5 Å². The maximum absolute atomic E-state index is 6.01. The summed E-state index contributed by atoms with van der Waals surface area (Å²) in [5, 5.41) is 3.31. The van der Waals surface area contributed by atoms with Crippen LogP contribution in [0.1, 0.15) is 23.5 Å². The number of benzene rings is 2. The van der Waals surface area contributed by atoms with Crippen LogP contribution < -0.4 is 20.5 Å². The van der Waals surface area contributed by atoms with Gasteiger partial charge in [0.1, 0.15) is 0 Å². The van der Waals surface area contributed by atoms with Crippen LogP contribution in [0.2, 0.25) is 0 Å². The van der Waals surface area contributed by atoms with Crippen LogP contribution in [0.25, 0.3) is 0 Å². The minimum atomic E-state index is 0.396. The fourth-order valence-corrected chi connectivity index (χ4v) is 3.00. The van der Waals surface area contributed by atoms with Gasteiger partial charge in [-0.2, -0.15) is 0 Å². The molecule has 2 atom stereocenters. The minimum Gasteiger partial charge on any atom is -0.493 e. The molecule has 2 unspecified atom stereocenters. The number of nitrogens with two attached hydrogens (primary N) is 1. The standard InChI is InChI=1S/C20H25N3O2/c1-24-18-9-8-14(12-19(18)25-2)10-11-22-20(21)23-17-13-16(17)15-6-4-3-5-7-15/h3-9,12,16-17H,10-11,13H2,1-2H3,(H3,21,22,23). The van der Waals surface area contributed by atoms with Crippen molar-refractivity contribution >= 4 is 5.96 Å². The average Bonchev–Trinajstić information content (AvgIpc) is 3.41. The summed E-state index contributed by atoms with van der Waals surface area (Å²) in [7, 11) is 3.27. The van der Waals surface area contributed by atoms with Gasteiger partial charge in [-0.05, 0) is 36.1 Å². The Labute approximate surface area is 148 Å². The van der Waals surface area contributed by atoms with Crippen LogP contribution >= 0.6 is 0 Å². The van der Waals surface area contributed by atoms with Gasteiger partial charge in [-0.15, -0.1) is 0 Å². The highest BCUT2D eigenvalue weighted by Gasteiger charge is 2.38. The van der Waals surface area contributed by atoms with Gasteiger partial charge in [0.2, 0.25) is 0 Å². The first-order valence-corrected chi connectivity index (χ1v) is 8.53. The molecule has 132 valence electrons. The molecular formula is C20H25N3O2. The molecule has 0 spiro atoms. The zero-order chi connectivity index (χ0) is 17.6. The van der Waals surface area contributed by atoms with Crippen molar-refractivity contribution in [3.8, 4) is 11.5 Å². The number of guanidine groups is 1. The lowest BCUT2D eigenvalue weighted by Crippen LogP contribution is -2.34. The van der Waals surface area contributed by atoms with Crippen molar-refractivity contribution < 1.29 is 9.47 Å². The van der Waals surface area contributed by atoms with Crippen molar-refractivity contribution in [3.05, 3.63) is 59.7 Å². The van der Waals surface area contributed by atoms with Gasteiger partial charge in [0.05, 0.1) is 14.2 Å². The smallest absolute Gasteiger partial charge is 0.188 e. The quantitative estimate of drug-likeness (QED) is 0.601. The number of rotatable bonds is 7. The van der Waals surface area contributed by atoms with Gasteiger partial charge in [-0.3, -0.25) is 4.99 Å². The molecule has 0 aliphatic heterocycles. The number of methoxy groups -OCH3 is 2. The van der Waals surface area contributed by atoms with E-state index in [1.54, 1.807) is 14.2 Å². The molecule has 2 aromatic rings. The molecule has 2 aromatic carbocycles. The highest BCUT2D eigenvalue weighted by atomic mass is 16.5. The summed E-state index contributed by atoms with van der Waals surface area (Å²) in [4.78, 5) is 4.44. The Kier molecular flexibility index (Phi) is 5.43. The Hall–Kier alpha value is -2.69. The number of nitrogens with one attached hydrogen (secondary N) is 1. The molecule has 1 fully saturated rings. The van der Waals surface area contributed by atoms with E-state index in [-0.39, 0.29) is 0 Å². The third-order valence-electron chi connectivity index (χ3n) is 4.48. The maximum atomic E-state index is 6.01. The molecule has 1 aliphatic carbocycles. The number of hydrogen-bond acceptors (Lipinski definition) is 3. The van der Waals surface area contributed by atoms with E-state index < -0.39 is 0 Å². The second kappa shape index (κ2) is 7.92. The summed E-state index contributed by atoms with van der Waals surface area (Å²) in [6, 6.07) is 16.8. The van der Waals surface area contributed by atoms with E-state index >= 15 is 0 Å². The number of hydrogen-bond donors (Lipinski definition) is 2. The van der Waals surface area contributed by atoms with Gasteiger partial charge in [0.25, 0.3) is 0 Å². The zero-order valence-electron chi connectivity index (χ0n) is 14.7. The van der Waals surface area contributed by atoms with Crippen molar-refractivity contribution in [2.24, 2.45) is 10.7 Å². The van der Waals surface area contributed by atoms with Gasteiger partial charge < -0.3 is 20.5 Å². The lowest BCUT2D eigenvalue weighted by Gasteiger charge is -2.09. The molecule has 1 aliphatic rings. The van der Waals surface area contributed by atoms with E-state index in [2.05, 4.69) is 34.6 Å². The molecule has 25 heavy (non-hydrogen) atoms. The monoisotopic (exact) mass is 339 g/mol. The first-order valence-electron chi connectivity index (χ1n) is 8.53. The van der Waals surface area contributed by atoms with Crippen molar-refractivity contribution in [1.82, 2.24) is 5.32 Å². The SMILES string of the molecule is COc1ccc(CCN=C(N)NC2CC2c2ccccc2)cc1OC. The summed E-state index contributed by atoms with van der Waals surface area (Å²) in [5.74, 6) is 2.53. The highest BCUT2D eigenvalue weighted by molar-refractivity contribution is 5.78. The van der Waals surface area contributed by atoms with Crippen LogP contribution in [0.5, 0.6) is 11.5 Å². The third-order valence-corrected chi connectivity index (χ3v) is 4.48. The number of aliphatic imine (C=N–C) groups is 1.